The first-order valence-electron chi connectivity index (χ1n) is 9.13. The van der Waals surface area contributed by atoms with Crippen LogP contribution in [0.4, 0.5) is 11.4 Å². The van der Waals surface area contributed by atoms with E-state index in [1.54, 1.807) is 12.1 Å². The van der Waals surface area contributed by atoms with Crippen molar-refractivity contribution in [2.45, 2.75) is 11.8 Å². The SMILES string of the molecule is Cc1nc(-c2ccc3c(c2)N(CC(=O)Nc2ccc(S(N)(=O)=O)cc2)C(=O)CO3)cs1. The van der Waals surface area contributed by atoms with Gasteiger partial charge in [0.15, 0.2) is 6.61 Å². The summed E-state index contributed by atoms with van der Waals surface area (Å²) < 4.78 is 28.2. The van der Waals surface area contributed by atoms with E-state index in [0.717, 1.165) is 16.3 Å². The Morgan fingerprint density at radius 2 is 2.00 bits per heavy atom. The number of benzene rings is 2. The van der Waals surface area contributed by atoms with Gasteiger partial charge in [-0.15, -0.1) is 11.3 Å². The zero-order valence-electron chi connectivity index (χ0n) is 16.4. The monoisotopic (exact) mass is 458 g/mol. The number of hydrogen-bond acceptors (Lipinski definition) is 7. The second kappa shape index (κ2) is 8.10. The number of carbonyl (C=O) groups excluding carboxylic acids is 2. The highest BCUT2D eigenvalue weighted by Crippen LogP contribution is 2.36. The van der Waals surface area contributed by atoms with Crippen LogP contribution in [0.5, 0.6) is 5.75 Å². The molecule has 1 aromatic heterocycles. The van der Waals surface area contributed by atoms with E-state index in [1.165, 1.54) is 40.5 Å². The number of aromatic nitrogens is 1. The van der Waals surface area contributed by atoms with Gasteiger partial charge in [0.2, 0.25) is 15.9 Å². The van der Waals surface area contributed by atoms with Gasteiger partial charge in [0, 0.05) is 16.6 Å². The highest BCUT2D eigenvalue weighted by Gasteiger charge is 2.28. The van der Waals surface area contributed by atoms with Crippen molar-refractivity contribution in [1.29, 1.82) is 0 Å². The Balaban J connectivity index is 1.54. The molecule has 4 rings (SSSR count). The molecule has 0 unspecified atom stereocenters. The fourth-order valence-corrected chi connectivity index (χ4v) is 4.24. The average Bonchev–Trinajstić information content (AvgIpc) is 3.16. The fraction of sp³-hybridized carbons (Fsp3) is 0.150. The molecule has 9 nitrogen and oxygen atoms in total. The number of nitrogens with zero attached hydrogens (tertiary/aromatic N) is 2. The van der Waals surface area contributed by atoms with Gasteiger partial charge in [-0.3, -0.25) is 14.5 Å². The Labute approximate surface area is 182 Å². The number of carbonyl (C=O) groups is 2. The molecule has 31 heavy (non-hydrogen) atoms. The molecule has 2 aromatic carbocycles. The van der Waals surface area contributed by atoms with Crippen molar-refractivity contribution >= 4 is 44.5 Å². The number of aryl methyl sites for hydroxylation is 1. The molecule has 0 spiro atoms. The smallest absolute Gasteiger partial charge is 0.265 e. The van der Waals surface area contributed by atoms with Crippen molar-refractivity contribution in [3.63, 3.8) is 0 Å². The van der Waals surface area contributed by atoms with Gasteiger partial charge in [0.05, 0.1) is 21.3 Å². The molecule has 2 amide bonds. The summed E-state index contributed by atoms with van der Waals surface area (Å²) in [7, 11) is -3.82. The number of sulfonamides is 1. The minimum absolute atomic E-state index is 0.0624. The third-order valence-corrected chi connectivity index (χ3v) is 6.29. The van der Waals surface area contributed by atoms with Crippen molar-refractivity contribution in [3.8, 4) is 17.0 Å². The number of primary sulfonamides is 1. The largest absolute Gasteiger partial charge is 0.482 e. The number of nitrogens with one attached hydrogen (secondary N) is 1. The molecule has 0 bridgehead atoms. The van der Waals surface area contributed by atoms with E-state index in [0.29, 0.717) is 17.1 Å². The molecule has 0 saturated heterocycles. The number of amides is 2. The Morgan fingerprint density at radius 1 is 1.26 bits per heavy atom. The number of rotatable bonds is 5. The predicted octanol–water partition coefficient (Wildman–Crippen LogP) is 2.13. The maximum absolute atomic E-state index is 12.6. The van der Waals surface area contributed by atoms with Gasteiger partial charge < -0.3 is 10.1 Å². The average molecular weight is 459 g/mol. The van der Waals surface area contributed by atoms with E-state index in [4.69, 9.17) is 9.88 Å². The summed E-state index contributed by atoms with van der Waals surface area (Å²) in [5, 5.41) is 10.6. The minimum atomic E-state index is -3.82. The van der Waals surface area contributed by atoms with Crippen LogP contribution in [-0.4, -0.2) is 38.4 Å². The van der Waals surface area contributed by atoms with Gasteiger partial charge in [-0.2, -0.15) is 0 Å². The van der Waals surface area contributed by atoms with Crippen LogP contribution in [0.2, 0.25) is 0 Å². The van der Waals surface area contributed by atoms with Gasteiger partial charge in [-0.1, -0.05) is 0 Å². The van der Waals surface area contributed by atoms with Gasteiger partial charge in [-0.05, 0) is 49.4 Å². The van der Waals surface area contributed by atoms with Crippen LogP contribution < -0.4 is 20.1 Å². The summed E-state index contributed by atoms with van der Waals surface area (Å²) >= 11 is 1.52. The summed E-state index contributed by atoms with van der Waals surface area (Å²) in [6, 6.07) is 10.8. The second-order valence-corrected chi connectivity index (χ2v) is 9.44. The summed E-state index contributed by atoms with van der Waals surface area (Å²) in [5.74, 6) is -0.293. The topological polar surface area (TPSA) is 132 Å². The predicted molar refractivity (Wildman–Crippen MR) is 117 cm³/mol. The van der Waals surface area contributed by atoms with Crippen LogP contribution in [0, 0.1) is 6.92 Å². The van der Waals surface area contributed by atoms with Crippen molar-refractivity contribution in [2.75, 3.05) is 23.4 Å². The Hall–Kier alpha value is -3.28. The number of fused-ring (bicyclic) bond motifs is 1. The number of nitrogens with two attached hydrogens (primary N) is 1. The van der Waals surface area contributed by atoms with E-state index < -0.39 is 15.9 Å². The van der Waals surface area contributed by atoms with E-state index in [9.17, 15) is 18.0 Å². The molecule has 1 aliphatic heterocycles. The van der Waals surface area contributed by atoms with Crippen LogP contribution in [-0.2, 0) is 19.6 Å². The third-order valence-electron chi connectivity index (χ3n) is 4.59. The first kappa shape index (κ1) is 21.0. The van der Waals surface area contributed by atoms with E-state index in [2.05, 4.69) is 10.3 Å². The van der Waals surface area contributed by atoms with E-state index in [-0.39, 0.29) is 24.0 Å². The highest BCUT2D eigenvalue weighted by atomic mass is 32.2. The molecular weight excluding hydrogens is 440 g/mol. The molecule has 0 aliphatic carbocycles. The molecule has 1 aliphatic rings. The lowest BCUT2D eigenvalue weighted by Gasteiger charge is -2.29. The Kier molecular flexibility index (Phi) is 5.48. The molecule has 0 atom stereocenters. The molecule has 0 fully saturated rings. The van der Waals surface area contributed by atoms with Crippen molar-refractivity contribution in [3.05, 3.63) is 52.9 Å². The summed E-state index contributed by atoms with van der Waals surface area (Å²) in [5.41, 5.74) is 2.46. The first-order valence-corrected chi connectivity index (χ1v) is 11.6. The van der Waals surface area contributed by atoms with Crippen LogP contribution in [0.25, 0.3) is 11.3 Å². The zero-order valence-corrected chi connectivity index (χ0v) is 18.0. The molecular formula is C20H18N4O5S2. The molecule has 0 radical (unpaired) electrons. The van der Waals surface area contributed by atoms with Crippen LogP contribution in [0.3, 0.4) is 0 Å². The molecule has 11 heteroatoms. The summed E-state index contributed by atoms with van der Waals surface area (Å²) in [6.45, 7) is 1.51. The Bertz CT molecular complexity index is 1270. The lowest BCUT2D eigenvalue weighted by Crippen LogP contribution is -2.43. The summed E-state index contributed by atoms with van der Waals surface area (Å²) in [6.07, 6.45) is 0. The maximum Gasteiger partial charge on any atom is 0.265 e. The standard InChI is InChI=1S/C20H18N4O5S2/c1-12-22-16(11-30-12)13-2-7-18-17(8-13)24(20(26)10-29-18)9-19(25)23-14-3-5-15(6-4-14)31(21,27)28/h2-8,11H,9-10H2,1H3,(H,23,25)(H2,21,27,28). The quantitative estimate of drug-likeness (QED) is 0.602. The number of thiazole rings is 1. The van der Waals surface area contributed by atoms with Crippen molar-refractivity contribution in [2.24, 2.45) is 5.14 Å². The molecule has 160 valence electrons. The van der Waals surface area contributed by atoms with Crippen molar-refractivity contribution < 1.29 is 22.7 Å². The molecule has 3 aromatic rings. The third kappa shape index (κ3) is 4.58. The normalized spacial score (nSPS) is 13.5. The van der Waals surface area contributed by atoms with Gasteiger partial charge in [0.1, 0.15) is 12.3 Å². The van der Waals surface area contributed by atoms with Crippen LogP contribution >= 0.6 is 11.3 Å². The second-order valence-electron chi connectivity index (χ2n) is 6.82. The van der Waals surface area contributed by atoms with Crippen LogP contribution in [0.1, 0.15) is 5.01 Å². The van der Waals surface area contributed by atoms with Gasteiger partial charge in [-0.25, -0.2) is 18.5 Å². The summed E-state index contributed by atoms with van der Waals surface area (Å²) in [4.78, 5) is 30.8. The molecule has 0 saturated carbocycles. The zero-order chi connectivity index (χ0) is 22.2. The maximum atomic E-state index is 12.6. The van der Waals surface area contributed by atoms with E-state index >= 15 is 0 Å². The highest BCUT2D eigenvalue weighted by molar-refractivity contribution is 7.89. The number of ether oxygens (including phenoxy) is 1. The number of anilines is 2. The van der Waals surface area contributed by atoms with Gasteiger partial charge in [0.25, 0.3) is 5.91 Å². The lowest BCUT2D eigenvalue weighted by molar-refractivity contribution is -0.123. The van der Waals surface area contributed by atoms with E-state index in [1.807, 2.05) is 18.4 Å². The molecule has 3 N–H and O–H groups in total. The first-order chi connectivity index (χ1) is 14.7. The van der Waals surface area contributed by atoms with Gasteiger partial charge >= 0.3 is 0 Å². The van der Waals surface area contributed by atoms with Crippen LogP contribution in [0.15, 0.2) is 52.7 Å². The van der Waals surface area contributed by atoms with Crippen molar-refractivity contribution in [1.82, 2.24) is 4.98 Å². The fourth-order valence-electron chi connectivity index (χ4n) is 3.10. The number of hydrogen-bond donors (Lipinski definition) is 2. The Morgan fingerprint density at radius 3 is 2.65 bits per heavy atom. The lowest BCUT2D eigenvalue weighted by atomic mass is 10.1. The minimum Gasteiger partial charge on any atom is -0.482 e. The molecule has 2 heterocycles.